The Balaban J connectivity index is 2.26. The lowest BCUT2D eigenvalue weighted by molar-refractivity contribution is -0.157. The van der Waals surface area contributed by atoms with Crippen LogP contribution < -0.4 is 5.73 Å². The summed E-state index contributed by atoms with van der Waals surface area (Å²) in [4.78, 5) is 12.0. The summed E-state index contributed by atoms with van der Waals surface area (Å²) in [6, 6.07) is 0.228. The minimum atomic E-state index is -0.0153. The minimum absolute atomic E-state index is 0.0119. The number of esters is 1. The van der Waals surface area contributed by atoms with Gasteiger partial charge in [0.25, 0.3) is 0 Å². The summed E-state index contributed by atoms with van der Waals surface area (Å²) in [7, 11) is 0. The average molecular weight is 255 g/mol. The van der Waals surface area contributed by atoms with Gasteiger partial charge >= 0.3 is 5.97 Å². The van der Waals surface area contributed by atoms with E-state index in [1.807, 2.05) is 13.8 Å². The second-order valence-corrected chi connectivity index (χ2v) is 6.05. The standard InChI is InChI=1S/C15H29NO2/c1-11-7-4-5-10-14(11)18-15(17)12(2)8-6-9-13(3)16/h11-14H,4-10,16H2,1-3H3. The van der Waals surface area contributed by atoms with Gasteiger partial charge in [-0.05, 0) is 44.9 Å². The molecule has 1 fully saturated rings. The van der Waals surface area contributed by atoms with Gasteiger partial charge in [-0.15, -0.1) is 0 Å². The van der Waals surface area contributed by atoms with Gasteiger partial charge in [0.2, 0.25) is 0 Å². The molecular formula is C15H29NO2. The predicted molar refractivity (Wildman–Crippen MR) is 74.2 cm³/mol. The molecular weight excluding hydrogens is 226 g/mol. The molecule has 0 aromatic carbocycles. The molecule has 1 aliphatic carbocycles. The molecule has 4 unspecified atom stereocenters. The molecule has 106 valence electrons. The fraction of sp³-hybridized carbons (Fsp3) is 0.933. The zero-order valence-corrected chi connectivity index (χ0v) is 12.2. The van der Waals surface area contributed by atoms with Crippen LogP contribution in [-0.4, -0.2) is 18.1 Å². The lowest BCUT2D eigenvalue weighted by Crippen LogP contribution is -2.30. The van der Waals surface area contributed by atoms with E-state index in [1.54, 1.807) is 0 Å². The SMILES string of the molecule is CC(N)CCCC(C)C(=O)OC1CCCCC1C. The predicted octanol–water partition coefficient (Wildman–Crippen LogP) is 3.26. The minimum Gasteiger partial charge on any atom is -0.462 e. The van der Waals surface area contributed by atoms with E-state index in [9.17, 15) is 4.79 Å². The molecule has 0 aliphatic heterocycles. The van der Waals surface area contributed by atoms with Crippen molar-refractivity contribution in [2.75, 3.05) is 0 Å². The number of rotatable bonds is 6. The van der Waals surface area contributed by atoms with Gasteiger partial charge in [0.15, 0.2) is 0 Å². The van der Waals surface area contributed by atoms with Crippen LogP contribution in [0.1, 0.15) is 65.7 Å². The van der Waals surface area contributed by atoms with Gasteiger partial charge in [0, 0.05) is 6.04 Å². The van der Waals surface area contributed by atoms with Gasteiger partial charge in [-0.3, -0.25) is 4.79 Å². The number of hydrogen-bond acceptors (Lipinski definition) is 3. The van der Waals surface area contributed by atoms with Crippen LogP contribution in [0.4, 0.5) is 0 Å². The lowest BCUT2D eigenvalue weighted by Gasteiger charge is -2.29. The zero-order valence-electron chi connectivity index (χ0n) is 12.2. The largest absolute Gasteiger partial charge is 0.462 e. The molecule has 2 N–H and O–H groups in total. The van der Waals surface area contributed by atoms with Crippen LogP contribution >= 0.6 is 0 Å². The van der Waals surface area contributed by atoms with E-state index in [2.05, 4.69) is 6.92 Å². The Hall–Kier alpha value is -0.570. The summed E-state index contributed by atoms with van der Waals surface area (Å²) in [5.74, 6) is 0.523. The number of hydrogen-bond donors (Lipinski definition) is 1. The highest BCUT2D eigenvalue weighted by atomic mass is 16.5. The van der Waals surface area contributed by atoms with Crippen LogP contribution in [0, 0.1) is 11.8 Å². The number of nitrogens with two attached hydrogens (primary N) is 1. The quantitative estimate of drug-likeness (QED) is 0.741. The fourth-order valence-electron chi connectivity index (χ4n) is 2.59. The number of carbonyl (C=O) groups is 1. The summed E-state index contributed by atoms with van der Waals surface area (Å²) < 4.78 is 5.65. The first-order valence-corrected chi connectivity index (χ1v) is 7.46. The molecule has 18 heavy (non-hydrogen) atoms. The smallest absolute Gasteiger partial charge is 0.308 e. The number of carbonyl (C=O) groups excluding carboxylic acids is 1. The molecule has 3 heteroatoms. The van der Waals surface area contributed by atoms with Gasteiger partial charge in [0.05, 0.1) is 5.92 Å². The molecule has 1 rings (SSSR count). The van der Waals surface area contributed by atoms with Gasteiger partial charge in [-0.25, -0.2) is 0 Å². The van der Waals surface area contributed by atoms with Crippen molar-refractivity contribution in [3.63, 3.8) is 0 Å². The van der Waals surface area contributed by atoms with Crippen molar-refractivity contribution in [3.8, 4) is 0 Å². The van der Waals surface area contributed by atoms with E-state index < -0.39 is 0 Å². The highest BCUT2D eigenvalue weighted by molar-refractivity contribution is 5.72. The maximum Gasteiger partial charge on any atom is 0.308 e. The monoisotopic (exact) mass is 255 g/mol. The molecule has 0 radical (unpaired) electrons. The van der Waals surface area contributed by atoms with E-state index in [0.717, 1.165) is 25.7 Å². The Bertz CT molecular complexity index is 253. The molecule has 0 spiro atoms. The van der Waals surface area contributed by atoms with Gasteiger partial charge in [-0.1, -0.05) is 26.7 Å². The van der Waals surface area contributed by atoms with Gasteiger partial charge in [-0.2, -0.15) is 0 Å². The second kappa shape index (κ2) is 7.78. The highest BCUT2D eigenvalue weighted by Gasteiger charge is 2.26. The van der Waals surface area contributed by atoms with Crippen molar-refractivity contribution in [1.29, 1.82) is 0 Å². The maximum atomic E-state index is 12.0. The third-order valence-corrected chi connectivity index (χ3v) is 4.00. The first-order chi connectivity index (χ1) is 8.50. The van der Waals surface area contributed by atoms with E-state index in [-0.39, 0.29) is 24.0 Å². The Morgan fingerprint density at radius 2 is 1.94 bits per heavy atom. The molecule has 0 aromatic rings. The van der Waals surface area contributed by atoms with Crippen molar-refractivity contribution < 1.29 is 9.53 Å². The topological polar surface area (TPSA) is 52.3 Å². The van der Waals surface area contributed by atoms with Crippen LogP contribution in [-0.2, 0) is 9.53 Å². The fourth-order valence-corrected chi connectivity index (χ4v) is 2.59. The molecule has 4 atom stereocenters. The van der Waals surface area contributed by atoms with Crippen LogP contribution in [0.5, 0.6) is 0 Å². The van der Waals surface area contributed by atoms with E-state index in [4.69, 9.17) is 10.5 Å². The van der Waals surface area contributed by atoms with E-state index >= 15 is 0 Å². The van der Waals surface area contributed by atoms with E-state index in [0.29, 0.717) is 5.92 Å². The summed E-state index contributed by atoms with van der Waals surface area (Å²) in [5.41, 5.74) is 5.71. The van der Waals surface area contributed by atoms with Crippen molar-refractivity contribution in [1.82, 2.24) is 0 Å². The molecule has 0 heterocycles. The molecule has 0 amide bonds. The maximum absolute atomic E-state index is 12.0. The molecule has 3 nitrogen and oxygen atoms in total. The Kier molecular flexibility index (Phi) is 6.69. The van der Waals surface area contributed by atoms with Gasteiger partial charge < -0.3 is 10.5 Å². The normalized spacial score (nSPS) is 27.6. The van der Waals surface area contributed by atoms with Crippen molar-refractivity contribution in [2.24, 2.45) is 17.6 Å². The summed E-state index contributed by atoms with van der Waals surface area (Å²) >= 11 is 0. The Labute approximate surface area is 111 Å². The van der Waals surface area contributed by atoms with Crippen LogP contribution in [0.3, 0.4) is 0 Å². The van der Waals surface area contributed by atoms with Crippen molar-refractivity contribution >= 4 is 5.97 Å². The summed E-state index contributed by atoms with van der Waals surface area (Å²) in [6.45, 7) is 6.17. The highest BCUT2D eigenvalue weighted by Crippen LogP contribution is 2.27. The molecule has 0 aromatic heterocycles. The van der Waals surface area contributed by atoms with Crippen LogP contribution in [0.2, 0.25) is 0 Å². The summed E-state index contributed by atoms with van der Waals surface area (Å²) in [5, 5.41) is 0. The van der Waals surface area contributed by atoms with Crippen molar-refractivity contribution in [2.45, 2.75) is 77.9 Å². The molecule has 0 saturated heterocycles. The van der Waals surface area contributed by atoms with Gasteiger partial charge in [0.1, 0.15) is 6.10 Å². The Morgan fingerprint density at radius 1 is 1.28 bits per heavy atom. The van der Waals surface area contributed by atoms with Crippen molar-refractivity contribution in [3.05, 3.63) is 0 Å². The number of ether oxygens (including phenoxy) is 1. The first-order valence-electron chi connectivity index (χ1n) is 7.46. The van der Waals surface area contributed by atoms with E-state index in [1.165, 1.54) is 19.3 Å². The third-order valence-electron chi connectivity index (χ3n) is 4.00. The molecule has 1 aliphatic rings. The molecule has 0 bridgehead atoms. The zero-order chi connectivity index (χ0) is 13.5. The van der Waals surface area contributed by atoms with Crippen LogP contribution in [0.25, 0.3) is 0 Å². The lowest BCUT2D eigenvalue weighted by atomic mass is 9.88. The Morgan fingerprint density at radius 3 is 2.56 bits per heavy atom. The second-order valence-electron chi connectivity index (χ2n) is 6.05. The first kappa shape index (κ1) is 15.5. The average Bonchev–Trinajstić information content (AvgIpc) is 2.31. The summed E-state index contributed by atoms with van der Waals surface area (Å²) in [6.07, 6.45) is 7.74. The van der Waals surface area contributed by atoms with Crippen LogP contribution in [0.15, 0.2) is 0 Å². The third kappa shape index (κ3) is 5.38. The molecule has 1 saturated carbocycles.